The Bertz CT molecular complexity index is 909. The Labute approximate surface area is 152 Å². The van der Waals surface area contributed by atoms with Crippen molar-refractivity contribution in [2.75, 3.05) is 0 Å². The molecular formula is C18H14ClF3N2S. The minimum Gasteiger partial charge on any atom is -0.228 e. The molecule has 0 saturated heterocycles. The Morgan fingerprint density at radius 3 is 2.28 bits per heavy atom. The number of fused-ring (bicyclic) bond motifs is 1. The van der Waals surface area contributed by atoms with Crippen LogP contribution in [0.2, 0.25) is 5.02 Å². The Balaban J connectivity index is 2.12. The molecule has 0 aliphatic heterocycles. The van der Waals surface area contributed by atoms with Crippen molar-refractivity contribution < 1.29 is 13.2 Å². The van der Waals surface area contributed by atoms with E-state index in [0.29, 0.717) is 27.2 Å². The van der Waals surface area contributed by atoms with E-state index < -0.39 is 11.7 Å². The Kier molecular flexibility index (Phi) is 4.93. The number of hydrogen-bond donors (Lipinski definition) is 0. The molecule has 0 unspecified atom stereocenters. The molecule has 7 heteroatoms. The van der Waals surface area contributed by atoms with Gasteiger partial charge in [-0.1, -0.05) is 37.6 Å². The van der Waals surface area contributed by atoms with E-state index in [2.05, 4.69) is 9.97 Å². The van der Waals surface area contributed by atoms with Gasteiger partial charge in [0.05, 0.1) is 11.1 Å². The van der Waals surface area contributed by atoms with Crippen molar-refractivity contribution in [3.8, 4) is 11.4 Å². The van der Waals surface area contributed by atoms with Crippen LogP contribution in [0.25, 0.3) is 22.3 Å². The zero-order valence-electron chi connectivity index (χ0n) is 13.4. The third-order valence-electron chi connectivity index (χ3n) is 3.44. The van der Waals surface area contributed by atoms with Crippen LogP contribution in [0.15, 0.2) is 47.5 Å². The molecule has 25 heavy (non-hydrogen) atoms. The molecule has 0 fully saturated rings. The lowest BCUT2D eigenvalue weighted by Crippen LogP contribution is -2.04. The summed E-state index contributed by atoms with van der Waals surface area (Å²) in [6, 6.07) is 10.2. The molecule has 2 nitrogen and oxygen atoms in total. The summed E-state index contributed by atoms with van der Waals surface area (Å²) < 4.78 is 38.2. The van der Waals surface area contributed by atoms with Crippen LogP contribution in [0.5, 0.6) is 0 Å². The number of nitrogens with zero attached hydrogens (tertiary/aromatic N) is 2. The highest BCUT2D eigenvalue weighted by Crippen LogP contribution is 2.33. The van der Waals surface area contributed by atoms with Gasteiger partial charge in [-0.15, -0.1) is 11.8 Å². The van der Waals surface area contributed by atoms with E-state index in [9.17, 15) is 13.2 Å². The Morgan fingerprint density at radius 2 is 1.68 bits per heavy atom. The largest absolute Gasteiger partial charge is 0.416 e. The lowest BCUT2D eigenvalue weighted by Gasteiger charge is -2.11. The second-order valence-electron chi connectivity index (χ2n) is 5.76. The van der Waals surface area contributed by atoms with Gasteiger partial charge in [0.2, 0.25) is 0 Å². The molecule has 3 rings (SSSR count). The van der Waals surface area contributed by atoms with E-state index in [1.807, 2.05) is 19.9 Å². The van der Waals surface area contributed by atoms with Crippen molar-refractivity contribution in [2.45, 2.75) is 30.3 Å². The molecule has 2 aromatic carbocycles. The van der Waals surface area contributed by atoms with Crippen molar-refractivity contribution in [2.24, 2.45) is 0 Å². The number of alkyl halides is 3. The van der Waals surface area contributed by atoms with E-state index in [-0.39, 0.29) is 0 Å². The number of halogens is 4. The fourth-order valence-electron chi connectivity index (χ4n) is 2.32. The van der Waals surface area contributed by atoms with E-state index in [1.54, 1.807) is 23.9 Å². The van der Waals surface area contributed by atoms with Crippen molar-refractivity contribution >= 4 is 34.3 Å². The molecular weight excluding hydrogens is 369 g/mol. The summed E-state index contributed by atoms with van der Waals surface area (Å²) in [6.07, 6.45) is -4.37. The first kappa shape index (κ1) is 18.0. The molecule has 0 N–H and O–H groups in total. The zero-order valence-corrected chi connectivity index (χ0v) is 15.0. The van der Waals surface area contributed by atoms with Gasteiger partial charge in [0.15, 0.2) is 5.82 Å². The average molecular weight is 383 g/mol. The summed E-state index contributed by atoms with van der Waals surface area (Å²) >= 11 is 7.63. The molecule has 0 atom stereocenters. The van der Waals surface area contributed by atoms with Crippen LogP contribution in [0, 0.1) is 0 Å². The molecule has 0 spiro atoms. The van der Waals surface area contributed by atoms with E-state index >= 15 is 0 Å². The first-order valence-electron chi connectivity index (χ1n) is 7.55. The summed E-state index contributed by atoms with van der Waals surface area (Å²) in [6.45, 7) is 4.10. The van der Waals surface area contributed by atoms with Gasteiger partial charge < -0.3 is 0 Å². The second kappa shape index (κ2) is 6.84. The molecule has 0 radical (unpaired) electrons. The standard InChI is InChI=1S/C18H14ClF3N2S/c1-10(2)25-17-14-8-7-13(19)9-15(14)23-16(24-17)11-3-5-12(6-4-11)18(20,21)22/h3-10H,1-2H3. The predicted octanol–water partition coefficient (Wildman–Crippen LogP) is 6.47. The van der Waals surface area contributed by atoms with Crippen LogP contribution < -0.4 is 0 Å². The third-order valence-corrected chi connectivity index (χ3v) is 4.68. The van der Waals surface area contributed by atoms with E-state index in [0.717, 1.165) is 22.5 Å². The fourth-order valence-corrected chi connectivity index (χ4v) is 3.38. The number of rotatable bonds is 3. The third kappa shape index (κ3) is 4.07. The maximum atomic E-state index is 12.7. The zero-order chi connectivity index (χ0) is 18.2. The van der Waals surface area contributed by atoms with Crippen molar-refractivity contribution in [3.63, 3.8) is 0 Å². The Morgan fingerprint density at radius 1 is 1.00 bits per heavy atom. The van der Waals surface area contributed by atoms with Gasteiger partial charge >= 0.3 is 6.18 Å². The van der Waals surface area contributed by atoms with Crippen LogP contribution in [0.1, 0.15) is 19.4 Å². The maximum Gasteiger partial charge on any atom is 0.416 e. The topological polar surface area (TPSA) is 25.8 Å². The van der Waals surface area contributed by atoms with Gasteiger partial charge in [-0.05, 0) is 30.3 Å². The summed E-state index contributed by atoms with van der Waals surface area (Å²) in [5.41, 5.74) is 0.498. The van der Waals surface area contributed by atoms with Gasteiger partial charge in [-0.3, -0.25) is 0 Å². The average Bonchev–Trinajstić information content (AvgIpc) is 2.53. The molecule has 0 aliphatic rings. The fraction of sp³-hybridized carbons (Fsp3) is 0.222. The normalized spacial score (nSPS) is 12.1. The van der Waals surface area contributed by atoms with Crippen LogP contribution in [0.4, 0.5) is 13.2 Å². The number of thioether (sulfide) groups is 1. The van der Waals surface area contributed by atoms with Gasteiger partial charge in [0.1, 0.15) is 5.03 Å². The molecule has 130 valence electrons. The quantitative estimate of drug-likeness (QED) is 0.383. The highest BCUT2D eigenvalue weighted by molar-refractivity contribution is 8.00. The van der Waals surface area contributed by atoms with Crippen LogP contribution in [0.3, 0.4) is 0 Å². The van der Waals surface area contributed by atoms with E-state index in [1.165, 1.54) is 12.1 Å². The maximum absolute atomic E-state index is 12.7. The molecule has 1 aromatic heterocycles. The van der Waals surface area contributed by atoms with Crippen LogP contribution in [-0.2, 0) is 6.18 Å². The van der Waals surface area contributed by atoms with Crippen LogP contribution in [-0.4, -0.2) is 15.2 Å². The molecule has 1 heterocycles. The molecule has 0 amide bonds. The number of hydrogen-bond acceptors (Lipinski definition) is 3. The monoisotopic (exact) mass is 382 g/mol. The number of aromatic nitrogens is 2. The van der Waals surface area contributed by atoms with Crippen molar-refractivity contribution in [3.05, 3.63) is 53.1 Å². The van der Waals surface area contributed by atoms with Crippen molar-refractivity contribution in [1.82, 2.24) is 9.97 Å². The minimum atomic E-state index is -4.37. The van der Waals surface area contributed by atoms with Gasteiger partial charge in [-0.25, -0.2) is 9.97 Å². The summed E-state index contributed by atoms with van der Waals surface area (Å²) in [7, 11) is 0. The van der Waals surface area contributed by atoms with Gasteiger partial charge in [-0.2, -0.15) is 13.2 Å². The molecule has 0 saturated carbocycles. The van der Waals surface area contributed by atoms with E-state index in [4.69, 9.17) is 11.6 Å². The summed E-state index contributed by atoms with van der Waals surface area (Å²) in [4.78, 5) is 9.04. The SMILES string of the molecule is CC(C)Sc1nc(-c2ccc(C(F)(F)F)cc2)nc2cc(Cl)ccc12. The summed E-state index contributed by atoms with van der Waals surface area (Å²) in [5, 5.41) is 2.50. The first-order chi connectivity index (χ1) is 11.7. The van der Waals surface area contributed by atoms with Crippen LogP contribution >= 0.6 is 23.4 Å². The van der Waals surface area contributed by atoms with Gasteiger partial charge in [0.25, 0.3) is 0 Å². The first-order valence-corrected chi connectivity index (χ1v) is 8.81. The molecule has 3 aromatic rings. The highest BCUT2D eigenvalue weighted by atomic mass is 35.5. The summed E-state index contributed by atoms with van der Waals surface area (Å²) in [5.74, 6) is 0.381. The Hall–Kier alpha value is -1.79. The number of benzene rings is 2. The molecule has 0 bridgehead atoms. The van der Waals surface area contributed by atoms with Crippen molar-refractivity contribution in [1.29, 1.82) is 0 Å². The minimum absolute atomic E-state index is 0.300. The second-order valence-corrected chi connectivity index (χ2v) is 7.76. The van der Waals surface area contributed by atoms with Gasteiger partial charge in [0, 0.05) is 21.2 Å². The lowest BCUT2D eigenvalue weighted by molar-refractivity contribution is -0.137. The molecule has 0 aliphatic carbocycles. The lowest BCUT2D eigenvalue weighted by atomic mass is 10.1. The smallest absolute Gasteiger partial charge is 0.228 e. The predicted molar refractivity (Wildman–Crippen MR) is 96.0 cm³/mol. The highest BCUT2D eigenvalue weighted by Gasteiger charge is 2.30.